The molecule has 1 atom stereocenters. The van der Waals surface area contributed by atoms with Crippen LogP contribution in [0.4, 0.5) is 0 Å². The van der Waals surface area contributed by atoms with E-state index in [1.54, 1.807) is 0 Å². The molecule has 1 aliphatic carbocycles. The fraction of sp³-hybridized carbons (Fsp3) is 0.444. The highest BCUT2D eigenvalue weighted by Crippen LogP contribution is 2.44. The summed E-state index contributed by atoms with van der Waals surface area (Å²) < 4.78 is 2.30. The molecule has 1 heterocycles. The standard InChI is InChI=1S/C18H23N/c1-13(2)16-7-6-8-17(14(3)15-9-10-15)18(16)19-11-4-5-12-19/h4-8,11-15H,9-10H2,1-3H3. The normalized spacial score (nSPS) is 16.8. The molecule has 0 bridgehead atoms. The van der Waals surface area contributed by atoms with Gasteiger partial charge in [-0.1, -0.05) is 39.0 Å². The number of rotatable bonds is 4. The zero-order chi connectivity index (χ0) is 13.4. The second-order valence-electron chi connectivity index (χ2n) is 6.16. The Morgan fingerprint density at radius 2 is 1.58 bits per heavy atom. The van der Waals surface area contributed by atoms with E-state index >= 15 is 0 Å². The Bertz CT molecular complexity index is 547. The van der Waals surface area contributed by atoms with Crippen molar-refractivity contribution in [2.24, 2.45) is 5.92 Å². The molecule has 0 aliphatic heterocycles. The van der Waals surface area contributed by atoms with Crippen LogP contribution in [0.1, 0.15) is 56.6 Å². The Labute approximate surface area is 116 Å². The van der Waals surface area contributed by atoms with Gasteiger partial charge in [-0.2, -0.15) is 0 Å². The zero-order valence-corrected chi connectivity index (χ0v) is 12.1. The van der Waals surface area contributed by atoms with Crippen molar-refractivity contribution in [1.82, 2.24) is 4.57 Å². The molecule has 1 nitrogen and oxygen atoms in total. The molecule has 3 rings (SSSR count). The predicted octanol–water partition coefficient (Wildman–Crippen LogP) is 5.11. The highest BCUT2D eigenvalue weighted by molar-refractivity contribution is 5.52. The largest absolute Gasteiger partial charge is 0.323 e. The van der Waals surface area contributed by atoms with E-state index in [9.17, 15) is 0 Å². The van der Waals surface area contributed by atoms with Gasteiger partial charge in [-0.15, -0.1) is 0 Å². The highest BCUT2D eigenvalue weighted by atomic mass is 14.9. The van der Waals surface area contributed by atoms with E-state index < -0.39 is 0 Å². The van der Waals surface area contributed by atoms with Gasteiger partial charge < -0.3 is 4.57 Å². The topological polar surface area (TPSA) is 4.93 Å². The third kappa shape index (κ3) is 2.34. The second-order valence-corrected chi connectivity index (χ2v) is 6.16. The van der Waals surface area contributed by atoms with Crippen LogP contribution in [-0.2, 0) is 0 Å². The maximum atomic E-state index is 2.39. The summed E-state index contributed by atoms with van der Waals surface area (Å²) in [6, 6.07) is 11.1. The molecule has 2 aromatic rings. The molecule has 1 fully saturated rings. The molecule has 0 saturated heterocycles. The lowest BCUT2D eigenvalue weighted by Gasteiger charge is -2.22. The SMILES string of the molecule is CC(C)c1cccc(C(C)C2CC2)c1-n1cccc1. The van der Waals surface area contributed by atoms with Gasteiger partial charge in [0, 0.05) is 12.4 Å². The van der Waals surface area contributed by atoms with Gasteiger partial charge in [0.15, 0.2) is 0 Å². The molecule has 1 aromatic carbocycles. The van der Waals surface area contributed by atoms with Crippen LogP contribution in [-0.4, -0.2) is 4.57 Å². The summed E-state index contributed by atoms with van der Waals surface area (Å²) >= 11 is 0. The highest BCUT2D eigenvalue weighted by Gasteiger charge is 2.31. The monoisotopic (exact) mass is 253 g/mol. The van der Waals surface area contributed by atoms with E-state index in [0.717, 1.165) is 5.92 Å². The lowest BCUT2D eigenvalue weighted by Crippen LogP contribution is -2.07. The van der Waals surface area contributed by atoms with Crippen molar-refractivity contribution in [2.45, 2.75) is 45.4 Å². The number of hydrogen-bond donors (Lipinski definition) is 0. The number of aromatic nitrogens is 1. The van der Waals surface area contributed by atoms with Crippen molar-refractivity contribution in [3.63, 3.8) is 0 Å². The maximum Gasteiger partial charge on any atom is 0.0518 e. The summed E-state index contributed by atoms with van der Waals surface area (Å²) in [7, 11) is 0. The van der Waals surface area contributed by atoms with E-state index in [4.69, 9.17) is 0 Å². The average Bonchev–Trinajstić information content (AvgIpc) is 3.12. The Morgan fingerprint density at radius 1 is 0.947 bits per heavy atom. The maximum absolute atomic E-state index is 2.39. The summed E-state index contributed by atoms with van der Waals surface area (Å²) in [5.41, 5.74) is 4.40. The molecule has 100 valence electrons. The van der Waals surface area contributed by atoms with Crippen LogP contribution < -0.4 is 0 Å². The van der Waals surface area contributed by atoms with Crippen LogP contribution in [0.5, 0.6) is 0 Å². The Balaban J connectivity index is 2.15. The minimum absolute atomic E-state index is 0.559. The smallest absolute Gasteiger partial charge is 0.0518 e. The molecule has 1 aromatic heterocycles. The second kappa shape index (κ2) is 4.88. The van der Waals surface area contributed by atoms with Crippen LogP contribution in [0, 0.1) is 5.92 Å². The van der Waals surface area contributed by atoms with Gasteiger partial charge in [0.25, 0.3) is 0 Å². The first-order valence-corrected chi connectivity index (χ1v) is 7.44. The van der Waals surface area contributed by atoms with Crippen LogP contribution >= 0.6 is 0 Å². The molecule has 0 N–H and O–H groups in total. The quantitative estimate of drug-likeness (QED) is 0.713. The summed E-state index contributed by atoms with van der Waals surface area (Å²) in [6.45, 7) is 6.96. The zero-order valence-electron chi connectivity index (χ0n) is 12.1. The van der Waals surface area contributed by atoms with Gasteiger partial charge in [0.2, 0.25) is 0 Å². The Kier molecular flexibility index (Phi) is 3.22. The fourth-order valence-corrected chi connectivity index (χ4v) is 3.05. The first-order chi connectivity index (χ1) is 9.18. The van der Waals surface area contributed by atoms with Crippen molar-refractivity contribution in [3.05, 3.63) is 53.9 Å². The number of para-hydroxylation sites is 1. The van der Waals surface area contributed by atoms with Crippen molar-refractivity contribution in [1.29, 1.82) is 0 Å². The van der Waals surface area contributed by atoms with Crippen LogP contribution in [0.15, 0.2) is 42.7 Å². The molecule has 1 unspecified atom stereocenters. The van der Waals surface area contributed by atoms with Gasteiger partial charge in [0.05, 0.1) is 5.69 Å². The van der Waals surface area contributed by atoms with Gasteiger partial charge in [-0.05, 0) is 53.9 Å². The van der Waals surface area contributed by atoms with Gasteiger partial charge in [-0.3, -0.25) is 0 Å². The molecule has 1 aliphatic rings. The number of nitrogens with zero attached hydrogens (tertiary/aromatic N) is 1. The Morgan fingerprint density at radius 3 is 2.16 bits per heavy atom. The molecule has 0 spiro atoms. The summed E-state index contributed by atoms with van der Waals surface area (Å²) in [6.07, 6.45) is 7.14. The van der Waals surface area contributed by atoms with E-state index in [1.165, 1.54) is 29.7 Å². The number of benzene rings is 1. The minimum Gasteiger partial charge on any atom is -0.323 e. The summed E-state index contributed by atoms with van der Waals surface area (Å²) in [4.78, 5) is 0. The lowest BCUT2D eigenvalue weighted by molar-refractivity contribution is 0.656. The van der Waals surface area contributed by atoms with Crippen molar-refractivity contribution < 1.29 is 0 Å². The number of hydrogen-bond acceptors (Lipinski definition) is 0. The van der Waals surface area contributed by atoms with E-state index in [2.05, 4.69) is 68.1 Å². The van der Waals surface area contributed by atoms with Crippen LogP contribution in [0.2, 0.25) is 0 Å². The van der Waals surface area contributed by atoms with Crippen molar-refractivity contribution in [3.8, 4) is 5.69 Å². The summed E-state index contributed by atoms with van der Waals surface area (Å²) in [5, 5.41) is 0. The van der Waals surface area contributed by atoms with E-state index in [0.29, 0.717) is 11.8 Å². The predicted molar refractivity (Wildman–Crippen MR) is 81.0 cm³/mol. The lowest BCUT2D eigenvalue weighted by atomic mass is 9.89. The van der Waals surface area contributed by atoms with Crippen molar-refractivity contribution in [2.75, 3.05) is 0 Å². The first kappa shape index (κ1) is 12.5. The molecule has 1 heteroatoms. The molecule has 0 radical (unpaired) electrons. The first-order valence-electron chi connectivity index (χ1n) is 7.44. The van der Waals surface area contributed by atoms with Gasteiger partial charge in [-0.25, -0.2) is 0 Å². The third-order valence-corrected chi connectivity index (χ3v) is 4.40. The van der Waals surface area contributed by atoms with Gasteiger partial charge in [0.1, 0.15) is 0 Å². The van der Waals surface area contributed by atoms with E-state index in [1.807, 2.05) is 0 Å². The van der Waals surface area contributed by atoms with Gasteiger partial charge >= 0.3 is 0 Å². The molecular weight excluding hydrogens is 230 g/mol. The van der Waals surface area contributed by atoms with Crippen molar-refractivity contribution >= 4 is 0 Å². The molecule has 19 heavy (non-hydrogen) atoms. The third-order valence-electron chi connectivity index (χ3n) is 4.40. The fourth-order valence-electron chi connectivity index (χ4n) is 3.05. The van der Waals surface area contributed by atoms with Crippen LogP contribution in [0.3, 0.4) is 0 Å². The molecule has 0 amide bonds. The molecular formula is C18H23N. The molecule has 1 saturated carbocycles. The Hall–Kier alpha value is -1.50. The van der Waals surface area contributed by atoms with E-state index in [-0.39, 0.29) is 0 Å². The average molecular weight is 253 g/mol. The summed E-state index contributed by atoms with van der Waals surface area (Å²) in [5.74, 6) is 2.14. The minimum atomic E-state index is 0.559. The van der Waals surface area contributed by atoms with Crippen LogP contribution in [0.25, 0.3) is 5.69 Å².